The van der Waals surface area contributed by atoms with Gasteiger partial charge in [-0.1, -0.05) is 23.7 Å². The van der Waals surface area contributed by atoms with Gasteiger partial charge < -0.3 is 19.9 Å². The maximum Gasteiger partial charge on any atom is 0.409 e. The number of anilines is 2. The minimum absolute atomic E-state index is 0.275. The van der Waals surface area contributed by atoms with Gasteiger partial charge in [-0.2, -0.15) is 0 Å². The van der Waals surface area contributed by atoms with Crippen molar-refractivity contribution in [3.8, 4) is 0 Å². The smallest absolute Gasteiger partial charge is 0.409 e. The minimum atomic E-state index is -0.289. The van der Waals surface area contributed by atoms with Crippen LogP contribution >= 0.6 is 11.6 Å². The highest BCUT2D eigenvalue weighted by atomic mass is 35.5. The molecule has 0 spiro atoms. The lowest BCUT2D eigenvalue weighted by molar-refractivity contribution is 0.102. The average molecular weight is 389 g/mol. The van der Waals surface area contributed by atoms with Crippen molar-refractivity contribution in [1.82, 2.24) is 9.88 Å². The number of pyridine rings is 1. The number of nitrogens with zero attached hydrogens (tertiary/aromatic N) is 3. The van der Waals surface area contributed by atoms with Gasteiger partial charge in [-0.05, 0) is 25.1 Å². The third kappa shape index (κ3) is 4.68. The molecule has 1 fully saturated rings. The summed E-state index contributed by atoms with van der Waals surface area (Å²) >= 11 is 6.09. The van der Waals surface area contributed by atoms with Crippen LogP contribution in [-0.4, -0.2) is 54.7 Å². The summed E-state index contributed by atoms with van der Waals surface area (Å²) in [4.78, 5) is 32.3. The summed E-state index contributed by atoms with van der Waals surface area (Å²) in [6.45, 7) is 4.58. The van der Waals surface area contributed by atoms with E-state index in [2.05, 4.69) is 15.2 Å². The van der Waals surface area contributed by atoms with Crippen molar-refractivity contribution in [2.24, 2.45) is 0 Å². The van der Waals surface area contributed by atoms with E-state index in [1.165, 1.54) is 6.20 Å². The highest BCUT2D eigenvalue weighted by Crippen LogP contribution is 2.22. The molecule has 1 aromatic heterocycles. The Kier molecular flexibility index (Phi) is 6.13. The standard InChI is InChI=1S/C19H21ClN4O3/c1-2-27-19(26)24-9-7-23(8-10-24)15-11-14(12-21-13-15)18(25)22-17-6-4-3-5-16(17)20/h3-6,11-13H,2,7-10H2,1H3,(H,22,25). The Balaban J connectivity index is 1.65. The normalized spacial score (nSPS) is 14.0. The number of aromatic nitrogens is 1. The van der Waals surface area contributed by atoms with Crippen LogP contribution in [0.1, 0.15) is 17.3 Å². The molecular formula is C19H21ClN4O3. The van der Waals surface area contributed by atoms with E-state index in [-0.39, 0.29) is 12.0 Å². The molecule has 27 heavy (non-hydrogen) atoms. The number of ether oxygens (including phenoxy) is 1. The predicted octanol–water partition coefficient (Wildman–Crippen LogP) is 3.27. The maximum absolute atomic E-state index is 12.5. The van der Waals surface area contributed by atoms with E-state index in [1.54, 1.807) is 48.4 Å². The fourth-order valence-corrected chi connectivity index (χ4v) is 3.03. The van der Waals surface area contributed by atoms with E-state index in [9.17, 15) is 9.59 Å². The van der Waals surface area contributed by atoms with Gasteiger partial charge in [0.1, 0.15) is 0 Å². The third-order valence-corrected chi connectivity index (χ3v) is 4.61. The largest absolute Gasteiger partial charge is 0.450 e. The molecule has 7 nitrogen and oxygen atoms in total. The summed E-state index contributed by atoms with van der Waals surface area (Å²) in [5.74, 6) is -0.275. The Bertz CT molecular complexity index is 822. The second kappa shape index (κ2) is 8.73. The van der Waals surface area contributed by atoms with Gasteiger partial charge in [0.15, 0.2) is 0 Å². The number of para-hydroxylation sites is 1. The molecule has 2 amide bonds. The number of benzene rings is 1. The van der Waals surface area contributed by atoms with Crippen molar-refractivity contribution in [3.63, 3.8) is 0 Å². The average Bonchev–Trinajstić information content (AvgIpc) is 2.70. The zero-order valence-electron chi connectivity index (χ0n) is 15.0. The Morgan fingerprint density at radius 2 is 1.93 bits per heavy atom. The van der Waals surface area contributed by atoms with Crippen molar-refractivity contribution in [2.75, 3.05) is 43.0 Å². The van der Waals surface area contributed by atoms with E-state index in [0.717, 1.165) is 5.69 Å². The summed E-state index contributed by atoms with van der Waals surface area (Å²) in [6.07, 6.45) is 2.94. The summed E-state index contributed by atoms with van der Waals surface area (Å²) < 4.78 is 5.03. The van der Waals surface area contributed by atoms with Crippen LogP contribution in [0.2, 0.25) is 5.02 Å². The lowest BCUT2D eigenvalue weighted by Crippen LogP contribution is -2.49. The summed E-state index contributed by atoms with van der Waals surface area (Å²) in [7, 11) is 0. The number of piperazine rings is 1. The topological polar surface area (TPSA) is 74.8 Å². The number of carbonyl (C=O) groups is 2. The molecule has 2 heterocycles. The van der Waals surface area contributed by atoms with Gasteiger partial charge in [-0.3, -0.25) is 9.78 Å². The molecule has 0 unspecified atom stereocenters. The maximum atomic E-state index is 12.5. The monoisotopic (exact) mass is 388 g/mol. The first-order valence-electron chi connectivity index (χ1n) is 8.76. The van der Waals surface area contributed by atoms with Crippen LogP contribution in [0.4, 0.5) is 16.2 Å². The highest BCUT2D eigenvalue weighted by molar-refractivity contribution is 6.33. The lowest BCUT2D eigenvalue weighted by Gasteiger charge is -2.35. The lowest BCUT2D eigenvalue weighted by atomic mass is 10.2. The summed E-state index contributed by atoms with van der Waals surface area (Å²) in [6, 6.07) is 8.86. The molecule has 1 aromatic carbocycles. The Hall–Kier alpha value is -2.80. The molecule has 0 aliphatic carbocycles. The predicted molar refractivity (Wildman–Crippen MR) is 104 cm³/mol. The number of hydrogen-bond acceptors (Lipinski definition) is 5. The molecule has 8 heteroatoms. The molecule has 142 valence electrons. The van der Waals surface area contributed by atoms with Crippen LogP contribution in [0.3, 0.4) is 0 Å². The van der Waals surface area contributed by atoms with E-state index in [4.69, 9.17) is 16.3 Å². The van der Waals surface area contributed by atoms with E-state index >= 15 is 0 Å². The Morgan fingerprint density at radius 1 is 1.19 bits per heavy atom. The molecular weight excluding hydrogens is 368 g/mol. The van der Waals surface area contributed by atoms with Gasteiger partial charge in [0.25, 0.3) is 5.91 Å². The van der Waals surface area contributed by atoms with Crippen LogP contribution in [0.15, 0.2) is 42.7 Å². The van der Waals surface area contributed by atoms with Gasteiger partial charge in [0.2, 0.25) is 0 Å². The fourth-order valence-electron chi connectivity index (χ4n) is 2.84. The van der Waals surface area contributed by atoms with Crippen LogP contribution in [0.5, 0.6) is 0 Å². The van der Waals surface area contributed by atoms with E-state index in [1.807, 2.05) is 0 Å². The van der Waals surface area contributed by atoms with Crippen molar-refractivity contribution in [1.29, 1.82) is 0 Å². The van der Waals surface area contributed by atoms with Crippen molar-refractivity contribution in [3.05, 3.63) is 53.3 Å². The van der Waals surface area contributed by atoms with E-state index < -0.39 is 0 Å². The molecule has 0 bridgehead atoms. The summed E-state index contributed by atoms with van der Waals surface area (Å²) in [5.41, 5.74) is 1.84. The van der Waals surface area contributed by atoms with Gasteiger partial charge in [-0.15, -0.1) is 0 Å². The third-order valence-electron chi connectivity index (χ3n) is 4.28. The highest BCUT2D eigenvalue weighted by Gasteiger charge is 2.22. The first-order valence-corrected chi connectivity index (χ1v) is 9.14. The molecule has 0 atom stereocenters. The molecule has 1 saturated heterocycles. The first kappa shape index (κ1) is 19.0. The number of halogens is 1. The zero-order chi connectivity index (χ0) is 19.2. The van der Waals surface area contributed by atoms with Gasteiger partial charge in [0.05, 0.1) is 34.8 Å². The summed E-state index contributed by atoms with van der Waals surface area (Å²) in [5, 5.41) is 3.27. The molecule has 3 rings (SSSR count). The van der Waals surface area contributed by atoms with E-state index in [0.29, 0.717) is 49.1 Å². The second-order valence-corrected chi connectivity index (χ2v) is 6.45. The Labute approximate surface area is 162 Å². The quantitative estimate of drug-likeness (QED) is 0.870. The minimum Gasteiger partial charge on any atom is -0.450 e. The number of carbonyl (C=O) groups excluding carboxylic acids is 2. The van der Waals surface area contributed by atoms with Crippen molar-refractivity contribution >= 4 is 35.0 Å². The van der Waals surface area contributed by atoms with Crippen molar-refractivity contribution < 1.29 is 14.3 Å². The van der Waals surface area contributed by atoms with Crippen molar-refractivity contribution in [2.45, 2.75) is 6.92 Å². The molecule has 0 radical (unpaired) electrons. The molecule has 2 aromatic rings. The van der Waals surface area contributed by atoms with Crippen LogP contribution in [0.25, 0.3) is 0 Å². The number of hydrogen-bond donors (Lipinski definition) is 1. The first-order chi connectivity index (χ1) is 13.1. The fraction of sp³-hybridized carbons (Fsp3) is 0.316. The second-order valence-electron chi connectivity index (χ2n) is 6.04. The Morgan fingerprint density at radius 3 is 2.63 bits per heavy atom. The molecule has 1 aliphatic heterocycles. The number of rotatable bonds is 4. The SMILES string of the molecule is CCOC(=O)N1CCN(c2cncc(C(=O)Nc3ccccc3Cl)c2)CC1. The van der Waals surface area contributed by atoms with Crippen LogP contribution in [-0.2, 0) is 4.74 Å². The number of nitrogens with one attached hydrogen (secondary N) is 1. The molecule has 1 N–H and O–H groups in total. The van der Waals surface area contributed by atoms with Crippen LogP contribution < -0.4 is 10.2 Å². The number of amides is 2. The van der Waals surface area contributed by atoms with Gasteiger partial charge in [-0.25, -0.2) is 4.79 Å². The zero-order valence-corrected chi connectivity index (χ0v) is 15.8. The van der Waals surface area contributed by atoms with Gasteiger partial charge in [0, 0.05) is 32.4 Å². The van der Waals surface area contributed by atoms with Crippen LogP contribution in [0, 0.1) is 0 Å². The molecule has 1 aliphatic rings. The molecule has 0 saturated carbocycles. The van der Waals surface area contributed by atoms with Gasteiger partial charge >= 0.3 is 6.09 Å².